The molecule has 10 heterocycles. The van der Waals surface area contributed by atoms with Gasteiger partial charge in [0.2, 0.25) is 0 Å². The second-order valence-corrected chi connectivity index (χ2v) is 38.8. The Labute approximate surface area is 832 Å². The second-order valence-electron chi connectivity index (χ2n) is 37.7. The fourth-order valence-electron chi connectivity index (χ4n) is 16.5. The summed E-state index contributed by atoms with van der Waals surface area (Å²) in [5, 5.41) is 50.1. The van der Waals surface area contributed by atoms with Crippen molar-refractivity contribution in [2.24, 2.45) is 56.4 Å². The number of fused-ring (bicyclic) bond motifs is 4. The molecule has 0 aliphatic rings. The van der Waals surface area contributed by atoms with Crippen LogP contribution in [0.2, 0.25) is 0 Å². The molecule has 0 atom stereocenters. The third kappa shape index (κ3) is 22.9. The minimum Gasteiger partial charge on any atom is -0.508 e. The van der Waals surface area contributed by atoms with E-state index in [1.54, 1.807) is 128 Å². The smallest absolute Gasteiger partial charge is 0.331 e. The number of hydrogen-bond acceptors (Lipinski definition) is 19. The van der Waals surface area contributed by atoms with E-state index in [9.17, 15) is 41.8 Å². The molecule has 0 aliphatic carbocycles. The molecule has 36 heteroatoms. The highest BCUT2D eigenvalue weighted by Gasteiger charge is 2.30. The lowest BCUT2D eigenvalue weighted by Gasteiger charge is -2.20. The van der Waals surface area contributed by atoms with Crippen LogP contribution in [0.25, 0.3) is 61.1 Å². The predicted molar refractivity (Wildman–Crippen MR) is 562 cm³/mol. The van der Waals surface area contributed by atoms with E-state index in [0.717, 1.165) is 92.5 Å². The molecule has 142 heavy (non-hydrogen) atoms. The van der Waals surface area contributed by atoms with Crippen molar-refractivity contribution in [1.82, 2.24) is 90.4 Å². The quantitative estimate of drug-likeness (QED) is 0.0182. The monoisotopic (exact) mass is 1970 g/mol. The van der Waals surface area contributed by atoms with Crippen LogP contribution in [-0.4, -0.2) is 103 Å². The Hall–Kier alpha value is -15.3. The zero-order valence-electron chi connectivity index (χ0n) is 81.9. The number of hydrogen-bond donors (Lipinski definition) is 5. The molecule has 0 spiro atoms. The molecule has 8 aromatic carbocycles. The molecule has 0 amide bonds. The van der Waals surface area contributed by atoms with Gasteiger partial charge in [-0.15, -0.1) is 0 Å². The number of alkyl halides is 4. The first kappa shape index (κ1) is 101. The Morgan fingerprint density at radius 2 is 0.704 bits per heavy atom. The molecule has 0 saturated heterocycles. The topological polar surface area (TPSA) is 290 Å². The van der Waals surface area contributed by atoms with Gasteiger partial charge in [-0.25, -0.2) is 60.1 Å². The van der Waals surface area contributed by atoms with Crippen molar-refractivity contribution < 1.29 is 22.7 Å². The van der Waals surface area contributed by atoms with E-state index < -0.39 is 11.8 Å². The number of phenolic OH excluding ortho intramolecular Hbond substituents is 1. The number of pyridine rings is 1. The normalized spacial score (nSPS) is 11.9. The Balaban J connectivity index is 0.000000143. The summed E-state index contributed by atoms with van der Waals surface area (Å²) in [6.07, 6.45) is 5.47. The van der Waals surface area contributed by atoms with Gasteiger partial charge in [0.05, 0.1) is 53.7 Å². The molecule has 734 valence electrons. The van der Waals surface area contributed by atoms with E-state index in [0.29, 0.717) is 116 Å². The summed E-state index contributed by atoms with van der Waals surface area (Å²) in [6, 6.07) is 72.6. The van der Waals surface area contributed by atoms with Crippen LogP contribution in [0.15, 0.2) is 279 Å². The minimum absolute atomic E-state index is 0.0462. The predicted octanol–water partition coefficient (Wildman–Crippen LogP) is 21.2. The second kappa shape index (κ2) is 42.8. The number of nitrogens with one attached hydrogen (secondary N) is 4. The van der Waals surface area contributed by atoms with Gasteiger partial charge in [-0.05, 0) is 136 Å². The fraction of sp³-hybridized carbons (Fsp3) is 0.283. The molecular formula is C106H114F4N24O5S3. The van der Waals surface area contributed by atoms with Crippen LogP contribution in [0.3, 0.4) is 0 Å². The number of benzene rings is 8. The van der Waals surface area contributed by atoms with Gasteiger partial charge in [-0.3, -0.25) is 46.5 Å². The lowest BCUT2D eigenvalue weighted by Crippen LogP contribution is -2.39. The van der Waals surface area contributed by atoms with E-state index >= 15 is 0 Å². The van der Waals surface area contributed by atoms with Crippen molar-refractivity contribution in [3.8, 4) is 22.7 Å². The summed E-state index contributed by atoms with van der Waals surface area (Å²) in [5.41, 5.74) is 11.7. The largest absolute Gasteiger partial charge is 0.508 e. The molecular weight excluding hydrogens is 1860 g/mol. The molecule has 0 fully saturated rings. The van der Waals surface area contributed by atoms with Gasteiger partial charge in [-0.1, -0.05) is 245 Å². The molecule has 0 saturated carbocycles. The number of nitrogens with zero attached hydrogens (tertiary/aromatic N) is 20. The molecule has 18 rings (SSSR count). The van der Waals surface area contributed by atoms with Crippen molar-refractivity contribution >= 4 is 127 Å². The average Bonchev–Trinajstić information content (AvgIpc) is 1.59. The maximum absolute atomic E-state index is 13.7. The summed E-state index contributed by atoms with van der Waals surface area (Å²) in [5.74, 6) is -2.18. The number of rotatable bonds is 27. The third-order valence-corrected chi connectivity index (χ3v) is 25.0. The van der Waals surface area contributed by atoms with Crippen LogP contribution in [0.4, 0.5) is 63.6 Å². The highest BCUT2D eigenvalue weighted by molar-refractivity contribution is 7.72. The van der Waals surface area contributed by atoms with Crippen molar-refractivity contribution in [3.05, 3.63) is 350 Å². The van der Waals surface area contributed by atoms with Gasteiger partial charge in [0.25, 0.3) is 11.8 Å². The lowest BCUT2D eigenvalue weighted by atomic mass is 9.97. The Morgan fingerprint density at radius 1 is 0.380 bits per heavy atom. The number of halogens is 4. The Bertz CT molecular complexity index is 8090. The molecule has 0 aliphatic heterocycles. The first-order valence-electron chi connectivity index (χ1n) is 46.5. The molecule has 29 nitrogen and oxygen atoms in total. The van der Waals surface area contributed by atoms with Crippen molar-refractivity contribution in [2.45, 2.75) is 140 Å². The number of aromatic hydroxyl groups is 1. The van der Waals surface area contributed by atoms with E-state index in [1.807, 2.05) is 182 Å². The molecule has 0 bridgehead atoms. The standard InChI is InChI=1S/C29H31N7O.C26H29F2N5O2S.C26H27N7OS.C25H27F2N5OS/c1-20(2)18-35-28-25(26(30-3)34(4)29(35)37)27(32-23-10-6-5-7-11-23)36(33-28)19-21-13-15-22(16-14-21)24-12-8-9-17-31-24;1-25(2,3)15-32-22-20(23(36)31(5)24(32)35)21(29-18-10-12-19(34)13-11-18)33(30-22)14-16-6-8-17(9-7-16)26(4,27)28;1-18(2)16-31-24-22(25(35)30(3)26(31)34)23(28-20-8-5-4-6-9-20)33(29-24)17-19-10-12-21(13-11-19)32-15-7-14-27-32;1-16(2)14-31-22-20(23(34)30(4)24(31)33)21(28-19-8-6-5-7-9-19)32(29-22)15-17-10-12-18(13-11-17)25(3,26)27/h5-17,20,32H,18-19H2,1-4H3;6-13,29,34H,14-15H2,1-5H3;4-15,18,28H,16-17H2,1-3H3;5-13,16,28H,14-15H2,1-4H3. The molecule has 10 aromatic heterocycles. The van der Waals surface area contributed by atoms with E-state index in [1.165, 1.54) is 38.0 Å². The third-order valence-electron chi connectivity index (χ3n) is 23.5. The van der Waals surface area contributed by atoms with Gasteiger partial charge in [0, 0.05) is 133 Å². The van der Waals surface area contributed by atoms with E-state index in [-0.39, 0.29) is 69.3 Å². The molecule has 5 N–H and O–H groups in total. The fourth-order valence-corrected chi connectivity index (χ4v) is 17.3. The van der Waals surface area contributed by atoms with Gasteiger partial charge in [-0.2, -0.15) is 25.5 Å². The maximum atomic E-state index is 13.7. The number of phenols is 1. The summed E-state index contributed by atoms with van der Waals surface area (Å²) in [4.78, 5) is 61.6. The Kier molecular flexibility index (Phi) is 30.5. The zero-order valence-corrected chi connectivity index (χ0v) is 84.3. The molecule has 0 unspecified atom stereocenters. The first-order chi connectivity index (χ1) is 67.7. The highest BCUT2D eigenvalue weighted by Crippen LogP contribution is 2.37. The Morgan fingerprint density at radius 3 is 1.04 bits per heavy atom. The average molecular weight is 1980 g/mol. The van der Waals surface area contributed by atoms with Crippen LogP contribution in [0.1, 0.15) is 110 Å². The summed E-state index contributed by atoms with van der Waals surface area (Å²) >= 11 is 17.1. The van der Waals surface area contributed by atoms with Crippen molar-refractivity contribution in [1.29, 1.82) is 0 Å². The van der Waals surface area contributed by atoms with Gasteiger partial charge in [0.15, 0.2) is 22.6 Å². The maximum Gasteiger partial charge on any atom is 0.331 e. The SMILES string of the molecule is CC(C)Cn1c(=O)n(C)c(=S)c2c(Nc3ccccc3)n(Cc3ccc(-n4cccn4)cc3)nc21.CC(C)Cn1c(=O)n(C)c(=S)c2c(Nc3ccccc3)n(Cc3ccc(C(C)(F)F)cc3)nc21.CN=c1c2c(Nc3ccccc3)n(Cc3ccc(-c4ccccn4)cc3)nc2n(CC(C)C)c(=O)n1C.Cn1c(=S)c2c(Nc3ccc(O)cc3)n(Cc3ccc(C(C)(F)F)cc3)nc2n(CC(C)(C)C)c1=O. The number of aromatic nitrogens is 19. The van der Waals surface area contributed by atoms with Crippen LogP contribution < -0.4 is 49.5 Å². The summed E-state index contributed by atoms with van der Waals surface area (Å²) in [6.45, 7) is 23.9. The van der Waals surface area contributed by atoms with Crippen LogP contribution >= 0.6 is 36.7 Å². The zero-order chi connectivity index (χ0) is 102. The number of anilines is 8. The van der Waals surface area contributed by atoms with Gasteiger partial charge < -0.3 is 26.4 Å². The highest BCUT2D eigenvalue weighted by atomic mass is 32.1. The van der Waals surface area contributed by atoms with Crippen molar-refractivity contribution in [3.63, 3.8) is 0 Å². The van der Waals surface area contributed by atoms with Crippen molar-refractivity contribution in [2.75, 3.05) is 28.3 Å². The minimum atomic E-state index is -2.93. The van der Waals surface area contributed by atoms with Crippen LogP contribution in [0, 0.1) is 37.1 Å². The van der Waals surface area contributed by atoms with Gasteiger partial charge in [0.1, 0.15) is 53.8 Å². The summed E-state index contributed by atoms with van der Waals surface area (Å²) < 4.78 is 77.7. The molecule has 18 aromatic rings. The van der Waals surface area contributed by atoms with Crippen LogP contribution in [0.5, 0.6) is 5.75 Å². The van der Waals surface area contributed by atoms with E-state index in [4.69, 9.17) is 57.0 Å². The van der Waals surface area contributed by atoms with Gasteiger partial charge >= 0.3 is 22.8 Å². The van der Waals surface area contributed by atoms with Crippen LogP contribution in [-0.2, 0) is 92.4 Å². The first-order valence-corrected chi connectivity index (χ1v) is 47.7. The number of para-hydroxylation sites is 3. The lowest BCUT2D eigenvalue weighted by molar-refractivity contribution is 0.0168. The molecule has 0 radical (unpaired) electrons. The van der Waals surface area contributed by atoms with E-state index in [2.05, 4.69) is 100 Å². The summed E-state index contributed by atoms with van der Waals surface area (Å²) in [7, 11) is 8.49.